The molecule has 0 aromatic heterocycles. The molecule has 3 nitrogen and oxygen atoms in total. The minimum absolute atomic E-state index is 0.0603. The third-order valence-electron chi connectivity index (χ3n) is 3.76. The average molecular weight is 251 g/mol. The summed E-state index contributed by atoms with van der Waals surface area (Å²) < 4.78 is 0. The summed E-state index contributed by atoms with van der Waals surface area (Å²) >= 11 is 6.15. The van der Waals surface area contributed by atoms with Crippen LogP contribution in [0.3, 0.4) is 0 Å². The van der Waals surface area contributed by atoms with Crippen LogP contribution in [0, 0.1) is 0 Å². The summed E-state index contributed by atoms with van der Waals surface area (Å²) in [6.07, 6.45) is 2.68. The first-order chi connectivity index (χ1) is 8.08. The van der Waals surface area contributed by atoms with Crippen molar-refractivity contribution < 1.29 is 4.79 Å². The second kappa shape index (κ2) is 3.72. The zero-order valence-electron chi connectivity index (χ0n) is 9.77. The SMILES string of the molecule is CC1(c2cc(Cl)cc3c2NC(=O)C3)CCCN1. The largest absolute Gasteiger partial charge is 0.325 e. The molecular formula is C13H15ClN2O. The fraction of sp³-hybridized carbons (Fsp3) is 0.462. The minimum atomic E-state index is -0.0629. The van der Waals surface area contributed by atoms with Crippen molar-refractivity contribution in [1.82, 2.24) is 5.32 Å². The number of hydrogen-bond acceptors (Lipinski definition) is 2. The van der Waals surface area contributed by atoms with Crippen molar-refractivity contribution in [2.75, 3.05) is 11.9 Å². The Labute approximate surface area is 106 Å². The lowest BCUT2D eigenvalue weighted by Gasteiger charge is -2.27. The predicted molar refractivity (Wildman–Crippen MR) is 68.4 cm³/mol. The maximum atomic E-state index is 11.5. The Morgan fingerprint density at radius 2 is 2.24 bits per heavy atom. The fourth-order valence-corrected chi connectivity index (χ4v) is 3.11. The van der Waals surface area contributed by atoms with Crippen molar-refractivity contribution in [1.29, 1.82) is 0 Å². The van der Waals surface area contributed by atoms with Gasteiger partial charge in [-0.3, -0.25) is 4.79 Å². The standard InChI is InChI=1S/C13H15ClN2O/c1-13(3-2-4-15-13)10-7-9(14)5-8-6-11(17)16-12(8)10/h5,7,15H,2-4,6H2,1H3,(H,16,17). The Hall–Kier alpha value is -1.06. The number of benzene rings is 1. The van der Waals surface area contributed by atoms with Crippen LogP contribution in [0.25, 0.3) is 0 Å². The van der Waals surface area contributed by atoms with Crippen molar-refractivity contribution in [2.24, 2.45) is 0 Å². The lowest BCUT2D eigenvalue weighted by Crippen LogP contribution is -2.33. The van der Waals surface area contributed by atoms with E-state index in [9.17, 15) is 4.79 Å². The molecule has 2 N–H and O–H groups in total. The molecule has 1 aromatic carbocycles. The number of carbonyl (C=O) groups excluding carboxylic acids is 1. The van der Waals surface area contributed by atoms with Gasteiger partial charge in [0.1, 0.15) is 0 Å². The summed E-state index contributed by atoms with van der Waals surface area (Å²) in [5.41, 5.74) is 3.05. The van der Waals surface area contributed by atoms with Crippen LogP contribution in [0.2, 0.25) is 5.02 Å². The molecule has 90 valence electrons. The highest BCUT2D eigenvalue weighted by Crippen LogP contribution is 2.40. The maximum absolute atomic E-state index is 11.5. The monoisotopic (exact) mass is 250 g/mol. The van der Waals surface area contributed by atoms with E-state index in [0.29, 0.717) is 11.4 Å². The van der Waals surface area contributed by atoms with Crippen molar-refractivity contribution in [2.45, 2.75) is 31.7 Å². The van der Waals surface area contributed by atoms with Gasteiger partial charge in [-0.1, -0.05) is 11.6 Å². The third kappa shape index (κ3) is 1.74. The molecule has 1 saturated heterocycles. The second-order valence-corrected chi connectivity index (χ2v) is 5.51. The van der Waals surface area contributed by atoms with Gasteiger partial charge in [0, 0.05) is 16.2 Å². The Bertz CT molecular complexity index is 492. The third-order valence-corrected chi connectivity index (χ3v) is 3.98. The smallest absolute Gasteiger partial charge is 0.228 e. The molecule has 17 heavy (non-hydrogen) atoms. The second-order valence-electron chi connectivity index (χ2n) is 5.07. The first kappa shape index (κ1) is 11.1. The average Bonchev–Trinajstić information content (AvgIpc) is 2.83. The summed E-state index contributed by atoms with van der Waals surface area (Å²) in [6, 6.07) is 3.86. The zero-order chi connectivity index (χ0) is 12.0. The van der Waals surface area contributed by atoms with E-state index in [1.54, 1.807) is 0 Å². The van der Waals surface area contributed by atoms with Crippen LogP contribution in [-0.4, -0.2) is 12.5 Å². The van der Waals surface area contributed by atoms with Crippen molar-refractivity contribution in [3.8, 4) is 0 Å². The van der Waals surface area contributed by atoms with Gasteiger partial charge >= 0.3 is 0 Å². The molecule has 0 aliphatic carbocycles. The number of fused-ring (bicyclic) bond motifs is 1. The molecule has 1 unspecified atom stereocenters. The van der Waals surface area contributed by atoms with Gasteiger partial charge in [0.2, 0.25) is 5.91 Å². The van der Waals surface area contributed by atoms with Crippen LogP contribution in [0.4, 0.5) is 5.69 Å². The van der Waals surface area contributed by atoms with Gasteiger partial charge in [0.05, 0.1) is 6.42 Å². The van der Waals surface area contributed by atoms with Gasteiger partial charge in [0.25, 0.3) is 0 Å². The molecule has 2 aliphatic rings. The molecule has 4 heteroatoms. The van der Waals surface area contributed by atoms with Crippen LogP contribution >= 0.6 is 11.6 Å². The normalized spacial score (nSPS) is 27.1. The summed E-state index contributed by atoms with van der Waals surface area (Å²) in [4.78, 5) is 11.5. The highest BCUT2D eigenvalue weighted by molar-refractivity contribution is 6.31. The van der Waals surface area contributed by atoms with Gasteiger partial charge in [-0.2, -0.15) is 0 Å². The van der Waals surface area contributed by atoms with Gasteiger partial charge in [-0.25, -0.2) is 0 Å². The molecule has 1 aromatic rings. The Balaban J connectivity index is 2.14. The van der Waals surface area contributed by atoms with Crippen molar-refractivity contribution >= 4 is 23.2 Å². The molecule has 2 aliphatic heterocycles. The van der Waals surface area contributed by atoms with Gasteiger partial charge in [-0.15, -0.1) is 0 Å². The van der Waals surface area contributed by atoms with E-state index in [1.165, 1.54) is 0 Å². The minimum Gasteiger partial charge on any atom is -0.325 e. The molecule has 0 bridgehead atoms. The number of rotatable bonds is 1. The first-order valence-corrected chi connectivity index (χ1v) is 6.34. The topological polar surface area (TPSA) is 41.1 Å². The number of carbonyl (C=O) groups is 1. The van der Waals surface area contributed by atoms with E-state index in [0.717, 1.165) is 36.2 Å². The van der Waals surface area contributed by atoms with Crippen LogP contribution in [0.1, 0.15) is 30.9 Å². The Morgan fingerprint density at radius 3 is 2.94 bits per heavy atom. The Kier molecular flexibility index (Phi) is 2.42. The van der Waals surface area contributed by atoms with E-state index in [2.05, 4.69) is 17.6 Å². The summed E-state index contributed by atoms with van der Waals surface area (Å²) in [5, 5.41) is 7.18. The zero-order valence-corrected chi connectivity index (χ0v) is 10.5. The number of amides is 1. The molecule has 0 saturated carbocycles. The van der Waals surface area contributed by atoms with Crippen LogP contribution < -0.4 is 10.6 Å². The van der Waals surface area contributed by atoms with Gasteiger partial charge in [0.15, 0.2) is 0 Å². The molecule has 1 atom stereocenters. The van der Waals surface area contributed by atoms with E-state index in [1.807, 2.05) is 12.1 Å². The molecule has 0 spiro atoms. The van der Waals surface area contributed by atoms with Crippen LogP contribution in [-0.2, 0) is 16.8 Å². The number of hydrogen-bond donors (Lipinski definition) is 2. The van der Waals surface area contributed by atoms with E-state index < -0.39 is 0 Å². The highest BCUT2D eigenvalue weighted by atomic mass is 35.5. The lowest BCUT2D eigenvalue weighted by atomic mass is 9.88. The Morgan fingerprint density at radius 1 is 1.41 bits per heavy atom. The lowest BCUT2D eigenvalue weighted by molar-refractivity contribution is -0.115. The van der Waals surface area contributed by atoms with E-state index >= 15 is 0 Å². The van der Waals surface area contributed by atoms with E-state index in [4.69, 9.17) is 11.6 Å². The molecule has 0 radical (unpaired) electrons. The quantitative estimate of drug-likeness (QED) is 0.804. The number of anilines is 1. The highest BCUT2D eigenvalue weighted by Gasteiger charge is 2.35. The summed E-state index contributed by atoms with van der Waals surface area (Å²) in [6.45, 7) is 3.20. The molecule has 2 heterocycles. The summed E-state index contributed by atoms with van der Waals surface area (Å²) in [7, 11) is 0. The van der Waals surface area contributed by atoms with Crippen LogP contribution in [0.15, 0.2) is 12.1 Å². The van der Waals surface area contributed by atoms with Crippen molar-refractivity contribution in [3.63, 3.8) is 0 Å². The maximum Gasteiger partial charge on any atom is 0.228 e. The summed E-state index contributed by atoms with van der Waals surface area (Å²) in [5.74, 6) is 0.0603. The van der Waals surface area contributed by atoms with Crippen molar-refractivity contribution in [3.05, 3.63) is 28.3 Å². The molecule has 1 amide bonds. The van der Waals surface area contributed by atoms with Gasteiger partial charge in [-0.05, 0) is 49.6 Å². The molecule has 1 fully saturated rings. The van der Waals surface area contributed by atoms with E-state index in [-0.39, 0.29) is 11.4 Å². The predicted octanol–water partition coefficient (Wildman–Crippen LogP) is 2.43. The van der Waals surface area contributed by atoms with Crippen LogP contribution in [0.5, 0.6) is 0 Å². The fourth-order valence-electron chi connectivity index (χ4n) is 2.87. The van der Waals surface area contributed by atoms with Gasteiger partial charge < -0.3 is 10.6 Å². The molecule has 3 rings (SSSR count). The number of nitrogens with one attached hydrogen (secondary N) is 2. The number of halogens is 1. The molecular weight excluding hydrogens is 236 g/mol. The first-order valence-electron chi connectivity index (χ1n) is 5.96.